The van der Waals surface area contributed by atoms with Gasteiger partial charge < -0.3 is 10.3 Å². The summed E-state index contributed by atoms with van der Waals surface area (Å²) >= 11 is 3.54. The van der Waals surface area contributed by atoms with Crippen LogP contribution >= 0.6 is 15.9 Å². The van der Waals surface area contributed by atoms with Crippen LogP contribution in [0.15, 0.2) is 28.7 Å². The van der Waals surface area contributed by atoms with Gasteiger partial charge in [-0.3, -0.25) is 0 Å². The van der Waals surface area contributed by atoms with E-state index < -0.39 is 0 Å². The summed E-state index contributed by atoms with van der Waals surface area (Å²) in [4.78, 5) is 0. The molecule has 17 heavy (non-hydrogen) atoms. The van der Waals surface area contributed by atoms with E-state index in [1.807, 2.05) is 24.3 Å². The van der Waals surface area contributed by atoms with Gasteiger partial charge in [0.2, 0.25) is 0 Å². The molecule has 1 aromatic heterocycles. The third kappa shape index (κ3) is 2.25. The molecule has 0 saturated carbocycles. The Bertz CT molecular complexity index is 519. The third-order valence-electron chi connectivity index (χ3n) is 2.58. The molecule has 5 heteroatoms. The molecule has 2 aromatic rings. The summed E-state index contributed by atoms with van der Waals surface area (Å²) in [5.41, 5.74) is 6.72. The predicted octanol–water partition coefficient (Wildman–Crippen LogP) is 2.75. The van der Waals surface area contributed by atoms with Crippen LogP contribution in [0, 0.1) is 0 Å². The zero-order chi connectivity index (χ0) is 12.4. The highest BCUT2D eigenvalue weighted by molar-refractivity contribution is 9.10. The van der Waals surface area contributed by atoms with E-state index in [0.717, 1.165) is 21.7 Å². The number of hydrogen-bond donors (Lipinski definition) is 1. The molecular weight excluding hydrogens is 280 g/mol. The Balaban J connectivity index is 2.60. The summed E-state index contributed by atoms with van der Waals surface area (Å²) in [6.07, 6.45) is 0. The number of rotatable bonds is 3. The van der Waals surface area contributed by atoms with E-state index in [2.05, 4.69) is 44.5 Å². The SMILES string of the molecule is CC(C)n1c(CN)nnc1-c1ccccc1Br. The van der Waals surface area contributed by atoms with E-state index in [4.69, 9.17) is 5.73 Å². The molecule has 0 spiro atoms. The first-order valence-corrected chi connectivity index (χ1v) is 6.33. The van der Waals surface area contributed by atoms with Crippen molar-refractivity contribution in [2.45, 2.75) is 26.4 Å². The van der Waals surface area contributed by atoms with Crippen molar-refractivity contribution >= 4 is 15.9 Å². The Morgan fingerprint density at radius 1 is 1.29 bits per heavy atom. The van der Waals surface area contributed by atoms with Crippen molar-refractivity contribution in [3.8, 4) is 11.4 Å². The highest BCUT2D eigenvalue weighted by Gasteiger charge is 2.16. The van der Waals surface area contributed by atoms with Crippen LogP contribution in [0.1, 0.15) is 25.7 Å². The van der Waals surface area contributed by atoms with Gasteiger partial charge in [0.25, 0.3) is 0 Å². The number of aromatic nitrogens is 3. The minimum atomic E-state index is 0.283. The maximum atomic E-state index is 5.68. The van der Waals surface area contributed by atoms with Gasteiger partial charge in [0.1, 0.15) is 5.82 Å². The van der Waals surface area contributed by atoms with Gasteiger partial charge in [0, 0.05) is 16.1 Å². The van der Waals surface area contributed by atoms with Gasteiger partial charge in [0.15, 0.2) is 5.82 Å². The second-order valence-corrected chi connectivity index (χ2v) is 4.94. The maximum Gasteiger partial charge on any atom is 0.165 e. The van der Waals surface area contributed by atoms with Crippen LogP contribution in [0.25, 0.3) is 11.4 Å². The van der Waals surface area contributed by atoms with Crippen LogP contribution in [-0.4, -0.2) is 14.8 Å². The fourth-order valence-electron chi connectivity index (χ4n) is 1.83. The van der Waals surface area contributed by atoms with Gasteiger partial charge in [-0.25, -0.2) is 0 Å². The fraction of sp³-hybridized carbons (Fsp3) is 0.333. The molecule has 0 bridgehead atoms. The number of nitrogens with zero attached hydrogens (tertiary/aromatic N) is 3. The average molecular weight is 295 g/mol. The third-order valence-corrected chi connectivity index (χ3v) is 3.27. The molecule has 0 amide bonds. The molecule has 0 aliphatic carbocycles. The Labute approximate surface area is 109 Å². The summed E-state index contributed by atoms with van der Waals surface area (Å²) in [6.45, 7) is 4.60. The first-order valence-electron chi connectivity index (χ1n) is 5.54. The van der Waals surface area contributed by atoms with Crippen LogP contribution in [-0.2, 0) is 6.54 Å². The molecule has 90 valence electrons. The van der Waals surface area contributed by atoms with E-state index in [-0.39, 0.29) is 6.04 Å². The number of hydrogen-bond acceptors (Lipinski definition) is 3. The van der Waals surface area contributed by atoms with Crippen molar-refractivity contribution in [1.82, 2.24) is 14.8 Å². The minimum absolute atomic E-state index is 0.283. The lowest BCUT2D eigenvalue weighted by molar-refractivity contribution is 0.574. The normalized spacial score (nSPS) is 11.1. The van der Waals surface area contributed by atoms with Gasteiger partial charge >= 0.3 is 0 Å². The second-order valence-electron chi connectivity index (χ2n) is 4.09. The van der Waals surface area contributed by atoms with Gasteiger partial charge in [-0.2, -0.15) is 0 Å². The minimum Gasteiger partial charge on any atom is -0.324 e. The molecule has 0 aliphatic heterocycles. The maximum absolute atomic E-state index is 5.68. The molecule has 1 aromatic carbocycles. The topological polar surface area (TPSA) is 56.7 Å². The quantitative estimate of drug-likeness (QED) is 0.947. The second kappa shape index (κ2) is 4.98. The van der Waals surface area contributed by atoms with Crippen LogP contribution < -0.4 is 5.73 Å². The number of benzene rings is 1. The van der Waals surface area contributed by atoms with Crippen molar-refractivity contribution in [2.24, 2.45) is 5.73 Å². The van der Waals surface area contributed by atoms with E-state index in [0.29, 0.717) is 6.54 Å². The Kier molecular flexibility index (Phi) is 3.59. The molecule has 0 saturated heterocycles. The average Bonchev–Trinajstić information content (AvgIpc) is 2.73. The molecular formula is C12H15BrN4. The van der Waals surface area contributed by atoms with Gasteiger partial charge in [-0.1, -0.05) is 34.1 Å². The van der Waals surface area contributed by atoms with Crippen molar-refractivity contribution < 1.29 is 0 Å². The van der Waals surface area contributed by atoms with Crippen molar-refractivity contribution in [3.63, 3.8) is 0 Å². The lowest BCUT2D eigenvalue weighted by Crippen LogP contribution is -2.11. The molecule has 0 unspecified atom stereocenters. The van der Waals surface area contributed by atoms with Crippen LogP contribution in [0.2, 0.25) is 0 Å². The first kappa shape index (κ1) is 12.3. The Morgan fingerprint density at radius 3 is 2.59 bits per heavy atom. The predicted molar refractivity (Wildman–Crippen MR) is 71.4 cm³/mol. The summed E-state index contributed by atoms with van der Waals surface area (Å²) in [5.74, 6) is 1.67. The molecule has 0 atom stereocenters. The lowest BCUT2D eigenvalue weighted by Gasteiger charge is -2.13. The molecule has 2 N–H and O–H groups in total. The fourth-order valence-corrected chi connectivity index (χ4v) is 2.29. The largest absolute Gasteiger partial charge is 0.324 e. The standard InChI is InChI=1S/C12H15BrN4/c1-8(2)17-11(7-14)15-16-12(17)9-5-3-4-6-10(9)13/h3-6,8H,7,14H2,1-2H3. The Hall–Kier alpha value is -1.20. The van der Waals surface area contributed by atoms with E-state index in [1.54, 1.807) is 0 Å². The van der Waals surface area contributed by atoms with E-state index in [9.17, 15) is 0 Å². The first-order chi connectivity index (χ1) is 8.15. The van der Waals surface area contributed by atoms with Crippen molar-refractivity contribution in [2.75, 3.05) is 0 Å². The number of halogens is 1. The molecule has 0 aliphatic rings. The summed E-state index contributed by atoms with van der Waals surface area (Å²) in [5, 5.41) is 8.38. The van der Waals surface area contributed by atoms with Crippen molar-refractivity contribution in [1.29, 1.82) is 0 Å². The summed E-state index contributed by atoms with van der Waals surface area (Å²) < 4.78 is 3.08. The lowest BCUT2D eigenvalue weighted by atomic mass is 10.2. The molecule has 0 fully saturated rings. The van der Waals surface area contributed by atoms with E-state index in [1.165, 1.54) is 0 Å². The summed E-state index contributed by atoms with van der Waals surface area (Å²) in [7, 11) is 0. The zero-order valence-electron chi connectivity index (χ0n) is 9.89. The van der Waals surface area contributed by atoms with E-state index >= 15 is 0 Å². The molecule has 2 rings (SSSR count). The zero-order valence-corrected chi connectivity index (χ0v) is 11.5. The smallest absolute Gasteiger partial charge is 0.165 e. The van der Waals surface area contributed by atoms with Crippen molar-refractivity contribution in [3.05, 3.63) is 34.6 Å². The monoisotopic (exact) mass is 294 g/mol. The van der Waals surface area contributed by atoms with Gasteiger partial charge in [0.05, 0.1) is 6.54 Å². The van der Waals surface area contributed by atoms with Gasteiger partial charge in [-0.15, -0.1) is 10.2 Å². The highest BCUT2D eigenvalue weighted by Crippen LogP contribution is 2.28. The molecule has 4 nitrogen and oxygen atoms in total. The van der Waals surface area contributed by atoms with Crippen LogP contribution in [0.3, 0.4) is 0 Å². The van der Waals surface area contributed by atoms with Crippen LogP contribution in [0.5, 0.6) is 0 Å². The molecule has 0 radical (unpaired) electrons. The Morgan fingerprint density at radius 2 is 2.00 bits per heavy atom. The molecule has 1 heterocycles. The summed E-state index contributed by atoms with van der Waals surface area (Å²) in [6, 6.07) is 8.27. The highest BCUT2D eigenvalue weighted by atomic mass is 79.9. The number of nitrogens with two attached hydrogens (primary N) is 1. The van der Waals surface area contributed by atoms with Gasteiger partial charge in [-0.05, 0) is 19.9 Å². The van der Waals surface area contributed by atoms with Crippen LogP contribution in [0.4, 0.5) is 0 Å².